The van der Waals surface area contributed by atoms with Crippen molar-refractivity contribution in [1.29, 1.82) is 0 Å². The van der Waals surface area contributed by atoms with Crippen molar-refractivity contribution < 1.29 is 33.2 Å². The zero-order chi connectivity index (χ0) is 23.7. The van der Waals surface area contributed by atoms with Crippen molar-refractivity contribution in [3.63, 3.8) is 0 Å². The second-order valence-electron chi connectivity index (χ2n) is 6.65. The molecule has 194 valence electrons. The fourth-order valence-corrected chi connectivity index (χ4v) is 2.78. The average Bonchev–Trinajstić information content (AvgIpc) is 2.81. The molecule has 1 fully saturated rings. The van der Waals surface area contributed by atoms with Gasteiger partial charge in [0.25, 0.3) is 0 Å². The van der Waals surface area contributed by atoms with Crippen molar-refractivity contribution in [2.24, 2.45) is 0 Å². The fraction of sp³-hybridized carbons (Fsp3) is 0.900. The van der Waals surface area contributed by atoms with Gasteiger partial charge in [0.2, 0.25) is 0 Å². The first-order valence-corrected chi connectivity index (χ1v) is 12.2. The predicted molar refractivity (Wildman–Crippen MR) is 133 cm³/mol. The number of hydrogen-bond donors (Lipinski definition) is 4. The second kappa shape index (κ2) is 24.2. The van der Waals surface area contributed by atoms with Gasteiger partial charge in [-0.25, -0.2) is 0 Å². The highest BCUT2D eigenvalue weighted by Gasteiger charge is 1.98. The van der Waals surface area contributed by atoms with Crippen LogP contribution in [0.5, 0.6) is 0 Å². The minimum atomic E-state index is 0.521. The Morgan fingerprint density at radius 2 is 0.515 bits per heavy atom. The minimum absolute atomic E-state index is 0.521. The zero-order valence-electron chi connectivity index (χ0n) is 19.4. The molecule has 0 bridgehead atoms. The van der Waals surface area contributed by atoms with Gasteiger partial charge in [-0.2, -0.15) is 0 Å². The van der Waals surface area contributed by atoms with Crippen molar-refractivity contribution in [1.82, 2.24) is 21.3 Å². The Labute approximate surface area is 207 Å². The van der Waals surface area contributed by atoms with E-state index in [1.165, 1.54) is 0 Å². The molecule has 1 heterocycles. The highest BCUT2D eigenvalue weighted by atomic mass is 32.1. The molecule has 0 radical (unpaired) electrons. The highest BCUT2D eigenvalue weighted by Crippen LogP contribution is 1.84. The lowest BCUT2D eigenvalue weighted by Gasteiger charge is -2.11. The SMILES string of the molecule is S=C1NCCOCCOCCOCCNC(=S)NCCOCCOCCOCCOCCN1. The lowest BCUT2D eigenvalue weighted by atomic mass is 10.6. The van der Waals surface area contributed by atoms with E-state index in [2.05, 4.69) is 21.3 Å². The van der Waals surface area contributed by atoms with Gasteiger partial charge >= 0.3 is 0 Å². The lowest BCUT2D eigenvalue weighted by molar-refractivity contribution is -0.000627. The van der Waals surface area contributed by atoms with Crippen LogP contribution >= 0.6 is 24.4 Å². The highest BCUT2D eigenvalue weighted by molar-refractivity contribution is 7.80. The van der Waals surface area contributed by atoms with Crippen LogP contribution in [0, 0.1) is 0 Å². The van der Waals surface area contributed by atoms with E-state index in [1.54, 1.807) is 0 Å². The van der Waals surface area contributed by atoms with Crippen LogP contribution in [0.15, 0.2) is 0 Å². The van der Waals surface area contributed by atoms with E-state index in [-0.39, 0.29) is 0 Å². The molecule has 0 aromatic carbocycles. The van der Waals surface area contributed by atoms with Crippen LogP contribution in [-0.4, -0.2) is 129 Å². The van der Waals surface area contributed by atoms with E-state index in [0.717, 1.165) is 0 Å². The Kier molecular flexibility index (Phi) is 22.1. The van der Waals surface area contributed by atoms with Crippen molar-refractivity contribution >= 4 is 34.7 Å². The molecule has 0 aliphatic carbocycles. The zero-order valence-corrected chi connectivity index (χ0v) is 21.0. The molecule has 1 aliphatic heterocycles. The van der Waals surface area contributed by atoms with Crippen LogP contribution in [0.25, 0.3) is 0 Å². The molecular weight excluding hydrogens is 472 g/mol. The molecule has 0 spiro atoms. The van der Waals surface area contributed by atoms with Gasteiger partial charge in [-0.15, -0.1) is 0 Å². The average molecular weight is 513 g/mol. The normalized spacial score (nSPS) is 22.4. The number of hydrogen-bond acceptors (Lipinski definition) is 9. The molecule has 13 heteroatoms. The van der Waals surface area contributed by atoms with E-state index >= 15 is 0 Å². The van der Waals surface area contributed by atoms with E-state index < -0.39 is 0 Å². The van der Waals surface area contributed by atoms with Crippen LogP contribution in [0.2, 0.25) is 0 Å². The van der Waals surface area contributed by atoms with Crippen molar-refractivity contribution in [3.05, 3.63) is 0 Å². The monoisotopic (exact) mass is 512 g/mol. The summed E-state index contributed by atoms with van der Waals surface area (Å²) in [6.45, 7) is 9.93. The van der Waals surface area contributed by atoms with E-state index in [1.807, 2.05) is 0 Å². The lowest BCUT2D eigenvalue weighted by Crippen LogP contribution is -2.38. The maximum Gasteiger partial charge on any atom is 0.166 e. The molecule has 0 aromatic rings. The summed E-state index contributed by atoms with van der Waals surface area (Å²) < 4.78 is 38.4. The van der Waals surface area contributed by atoms with Gasteiger partial charge in [0.05, 0.1) is 92.5 Å². The quantitative estimate of drug-likeness (QED) is 0.299. The van der Waals surface area contributed by atoms with Crippen molar-refractivity contribution in [2.45, 2.75) is 0 Å². The van der Waals surface area contributed by atoms with Gasteiger partial charge in [0.1, 0.15) is 0 Å². The number of nitrogens with one attached hydrogen (secondary N) is 4. The second-order valence-corrected chi connectivity index (χ2v) is 7.47. The largest absolute Gasteiger partial charge is 0.377 e. The van der Waals surface area contributed by atoms with Crippen LogP contribution in [-0.2, 0) is 33.2 Å². The first-order valence-electron chi connectivity index (χ1n) is 11.4. The molecule has 0 saturated carbocycles. The molecule has 33 heavy (non-hydrogen) atoms. The van der Waals surface area contributed by atoms with Crippen molar-refractivity contribution in [2.75, 3.05) is 119 Å². The maximum atomic E-state index is 5.49. The molecule has 1 saturated heterocycles. The smallest absolute Gasteiger partial charge is 0.166 e. The molecular formula is C20H40N4O7S2. The third-order valence-corrected chi connectivity index (χ3v) is 4.57. The molecule has 4 N–H and O–H groups in total. The summed E-state index contributed by atoms with van der Waals surface area (Å²) in [6.07, 6.45) is 0. The Bertz CT molecular complexity index is 442. The van der Waals surface area contributed by atoms with Gasteiger partial charge < -0.3 is 54.4 Å². The predicted octanol–water partition coefficient (Wildman–Crippen LogP) is -0.956. The standard InChI is InChI=1S/C20H40N4O7S2/c32-19-21-1-5-25-9-13-29-14-10-26-6-2-22-20(33)24-4-8-28-12-16-31-18-17-30-15-11-27-7-3-23-19/h1-18H2,(H2,21,23,32)(H2,22,24,33). The Balaban J connectivity index is 2.12. The first-order chi connectivity index (χ1) is 16.3. The van der Waals surface area contributed by atoms with Gasteiger partial charge in [-0.05, 0) is 24.4 Å². The van der Waals surface area contributed by atoms with Crippen LogP contribution in [0.4, 0.5) is 0 Å². The molecule has 1 rings (SSSR count). The Hall–Kier alpha value is -0.900. The van der Waals surface area contributed by atoms with Gasteiger partial charge in [-0.3, -0.25) is 0 Å². The summed E-state index contributed by atoms with van der Waals surface area (Å²) in [5.74, 6) is 0. The number of ether oxygens (including phenoxy) is 7. The van der Waals surface area contributed by atoms with E-state index in [0.29, 0.717) is 129 Å². The minimum Gasteiger partial charge on any atom is -0.377 e. The fourth-order valence-electron chi connectivity index (χ4n) is 2.38. The molecule has 0 atom stereocenters. The van der Waals surface area contributed by atoms with Gasteiger partial charge in [0.15, 0.2) is 10.2 Å². The summed E-state index contributed by atoms with van der Waals surface area (Å²) in [5.41, 5.74) is 0. The van der Waals surface area contributed by atoms with E-state index in [9.17, 15) is 0 Å². The molecule has 11 nitrogen and oxygen atoms in total. The Morgan fingerprint density at radius 1 is 0.333 bits per heavy atom. The van der Waals surface area contributed by atoms with Gasteiger partial charge in [0, 0.05) is 26.2 Å². The summed E-state index contributed by atoms with van der Waals surface area (Å²) in [4.78, 5) is 0. The molecule has 1 aliphatic rings. The van der Waals surface area contributed by atoms with Gasteiger partial charge in [-0.1, -0.05) is 0 Å². The maximum absolute atomic E-state index is 5.49. The van der Waals surface area contributed by atoms with Crippen LogP contribution < -0.4 is 21.3 Å². The molecule has 0 amide bonds. The van der Waals surface area contributed by atoms with Crippen molar-refractivity contribution in [3.8, 4) is 0 Å². The van der Waals surface area contributed by atoms with Crippen LogP contribution in [0.1, 0.15) is 0 Å². The van der Waals surface area contributed by atoms with E-state index in [4.69, 9.17) is 57.6 Å². The summed E-state index contributed by atoms with van der Waals surface area (Å²) in [6, 6.07) is 0. The topological polar surface area (TPSA) is 113 Å². The third-order valence-electron chi connectivity index (χ3n) is 3.99. The molecule has 0 aromatic heterocycles. The third kappa shape index (κ3) is 22.6. The summed E-state index contributed by atoms with van der Waals surface area (Å²) in [7, 11) is 0. The Morgan fingerprint density at radius 3 is 0.727 bits per heavy atom. The first kappa shape index (κ1) is 30.1. The number of thiocarbonyl (C=S) groups is 2. The summed E-state index contributed by atoms with van der Waals surface area (Å²) >= 11 is 10.4. The molecule has 0 unspecified atom stereocenters. The summed E-state index contributed by atoms with van der Waals surface area (Å²) in [5, 5.41) is 13.5. The number of rotatable bonds is 0. The van der Waals surface area contributed by atoms with Crippen LogP contribution in [0.3, 0.4) is 0 Å².